The molecule has 0 saturated carbocycles. The third-order valence-corrected chi connectivity index (χ3v) is 4.45. The largest absolute Gasteiger partial charge is 0.454 e. The second kappa shape index (κ2) is 8.00. The van der Waals surface area contributed by atoms with E-state index in [2.05, 4.69) is 4.98 Å². The molecule has 6 heteroatoms. The Bertz CT molecular complexity index is 1030. The zero-order valence-electron chi connectivity index (χ0n) is 15.9. The van der Waals surface area contributed by atoms with Gasteiger partial charge in [0, 0.05) is 23.4 Å². The van der Waals surface area contributed by atoms with Crippen LogP contribution in [0, 0.1) is 24.0 Å². The van der Waals surface area contributed by atoms with E-state index in [4.69, 9.17) is 4.74 Å². The molecule has 0 amide bonds. The predicted molar refractivity (Wildman–Crippen MR) is 106 cm³/mol. The van der Waals surface area contributed by atoms with Crippen molar-refractivity contribution in [2.24, 2.45) is 0 Å². The molecule has 1 heterocycles. The van der Waals surface area contributed by atoms with Gasteiger partial charge in [-0.2, -0.15) is 0 Å². The summed E-state index contributed by atoms with van der Waals surface area (Å²) in [6.07, 6.45) is -0.438. The molecule has 0 bridgehead atoms. The number of nitro groups is 1. The Morgan fingerprint density at radius 2 is 1.79 bits per heavy atom. The van der Waals surface area contributed by atoms with Gasteiger partial charge in [-0.05, 0) is 38.0 Å². The number of hydrogen-bond acceptors (Lipinski definition) is 5. The number of hydrogen-bond donors (Lipinski definition) is 0. The maximum absolute atomic E-state index is 13.0. The van der Waals surface area contributed by atoms with Gasteiger partial charge in [-0.3, -0.25) is 15.1 Å². The van der Waals surface area contributed by atoms with E-state index in [-0.39, 0.29) is 5.69 Å². The number of aromatic nitrogens is 1. The summed E-state index contributed by atoms with van der Waals surface area (Å²) in [6, 6.07) is 17.4. The Morgan fingerprint density at radius 3 is 2.46 bits per heavy atom. The van der Waals surface area contributed by atoms with E-state index in [1.54, 1.807) is 32.0 Å². The van der Waals surface area contributed by atoms with Crippen molar-refractivity contribution >= 4 is 11.7 Å². The van der Waals surface area contributed by atoms with Crippen molar-refractivity contribution < 1.29 is 14.5 Å². The van der Waals surface area contributed by atoms with Crippen LogP contribution in [-0.4, -0.2) is 15.9 Å². The Morgan fingerprint density at radius 1 is 1.07 bits per heavy atom. The van der Waals surface area contributed by atoms with E-state index in [1.165, 1.54) is 12.1 Å². The highest BCUT2D eigenvalue weighted by Gasteiger charge is 2.22. The highest BCUT2D eigenvalue weighted by atomic mass is 16.6. The topological polar surface area (TPSA) is 82.3 Å². The normalized spacial score (nSPS) is 11.7. The highest BCUT2D eigenvalue weighted by molar-refractivity contribution is 5.98. The number of ether oxygens (including phenoxy) is 1. The molecule has 0 unspecified atom stereocenters. The van der Waals surface area contributed by atoms with Gasteiger partial charge in [0.05, 0.1) is 16.2 Å². The monoisotopic (exact) mass is 376 g/mol. The van der Waals surface area contributed by atoms with Gasteiger partial charge in [0.2, 0.25) is 0 Å². The summed E-state index contributed by atoms with van der Waals surface area (Å²) >= 11 is 0. The number of esters is 1. The van der Waals surface area contributed by atoms with E-state index in [1.807, 2.05) is 37.3 Å². The molecule has 3 rings (SSSR count). The summed E-state index contributed by atoms with van der Waals surface area (Å²) in [7, 11) is 0. The first kappa shape index (κ1) is 19.2. The SMILES string of the molecule is Cc1cc(-c2cccc([N+](=O)[O-])c2)c(C(=O)O[C@H](C)c2ccccc2)c(C)n1. The molecule has 1 aromatic heterocycles. The average Bonchev–Trinajstić information content (AvgIpc) is 2.68. The Kier molecular flexibility index (Phi) is 5.49. The van der Waals surface area contributed by atoms with Crippen molar-refractivity contribution in [3.8, 4) is 11.1 Å². The zero-order chi connectivity index (χ0) is 20.3. The fourth-order valence-corrected chi connectivity index (χ4v) is 3.11. The predicted octanol–water partition coefficient (Wildman–Crippen LogP) is 5.19. The van der Waals surface area contributed by atoms with Crippen molar-refractivity contribution in [3.05, 3.63) is 93.3 Å². The molecule has 0 aliphatic rings. The number of nitrogens with zero attached hydrogens (tertiary/aromatic N) is 2. The number of rotatable bonds is 5. The Hall–Kier alpha value is -3.54. The summed E-state index contributed by atoms with van der Waals surface area (Å²) in [5, 5.41) is 11.1. The maximum Gasteiger partial charge on any atom is 0.341 e. The molecule has 0 radical (unpaired) electrons. The molecule has 0 fully saturated rings. The summed E-state index contributed by atoms with van der Waals surface area (Å²) in [5.41, 5.74) is 3.53. The van der Waals surface area contributed by atoms with E-state index < -0.39 is 17.0 Å². The molecule has 0 aliphatic heterocycles. The van der Waals surface area contributed by atoms with Gasteiger partial charge in [-0.1, -0.05) is 42.5 Å². The van der Waals surface area contributed by atoms with E-state index in [9.17, 15) is 14.9 Å². The third kappa shape index (κ3) is 4.06. The number of non-ortho nitro benzene ring substituents is 1. The first-order chi connectivity index (χ1) is 13.4. The molecular weight excluding hydrogens is 356 g/mol. The van der Waals surface area contributed by atoms with Gasteiger partial charge >= 0.3 is 5.97 Å². The Balaban J connectivity index is 2.02. The summed E-state index contributed by atoms with van der Waals surface area (Å²) in [6.45, 7) is 5.35. The fraction of sp³-hybridized carbons (Fsp3) is 0.182. The second-order valence-electron chi connectivity index (χ2n) is 6.54. The molecule has 28 heavy (non-hydrogen) atoms. The lowest BCUT2D eigenvalue weighted by atomic mass is 9.97. The van der Waals surface area contributed by atoms with E-state index in [0.717, 1.165) is 5.56 Å². The average molecular weight is 376 g/mol. The van der Waals surface area contributed by atoms with Gasteiger partial charge in [0.25, 0.3) is 5.69 Å². The van der Waals surface area contributed by atoms with Crippen LogP contribution in [-0.2, 0) is 4.74 Å². The number of carbonyl (C=O) groups is 1. The van der Waals surface area contributed by atoms with Crippen LogP contribution < -0.4 is 0 Å². The first-order valence-corrected chi connectivity index (χ1v) is 8.86. The van der Waals surface area contributed by atoms with E-state index >= 15 is 0 Å². The van der Waals surface area contributed by atoms with Crippen molar-refractivity contribution in [1.82, 2.24) is 4.98 Å². The zero-order valence-corrected chi connectivity index (χ0v) is 15.9. The summed E-state index contributed by atoms with van der Waals surface area (Å²) in [5.74, 6) is -0.511. The standard InChI is InChI=1S/C22H20N2O4/c1-14-12-20(18-10-7-11-19(13-18)24(26)27)21(15(2)23-14)22(25)28-16(3)17-8-5-4-6-9-17/h4-13,16H,1-3H3/t16-/m1/s1. The van der Waals surface area contributed by atoms with Crippen molar-refractivity contribution in [2.45, 2.75) is 26.9 Å². The van der Waals surface area contributed by atoms with Crippen LogP contribution in [0.25, 0.3) is 11.1 Å². The summed E-state index contributed by atoms with van der Waals surface area (Å²) < 4.78 is 5.67. The van der Waals surface area contributed by atoms with Crippen molar-refractivity contribution in [1.29, 1.82) is 0 Å². The minimum atomic E-state index is -0.511. The lowest BCUT2D eigenvalue weighted by molar-refractivity contribution is -0.384. The Labute approximate surface area is 163 Å². The van der Waals surface area contributed by atoms with Crippen LogP contribution in [0.5, 0.6) is 0 Å². The molecule has 3 aromatic rings. The molecule has 1 atom stereocenters. The van der Waals surface area contributed by atoms with Crippen LogP contribution in [0.2, 0.25) is 0 Å². The number of carbonyl (C=O) groups excluding carboxylic acids is 1. The third-order valence-electron chi connectivity index (χ3n) is 4.45. The van der Waals surface area contributed by atoms with Crippen LogP contribution in [0.3, 0.4) is 0 Å². The first-order valence-electron chi connectivity index (χ1n) is 8.86. The molecular formula is C22H20N2O4. The molecule has 6 nitrogen and oxygen atoms in total. The van der Waals surface area contributed by atoms with Gasteiger partial charge in [-0.15, -0.1) is 0 Å². The van der Waals surface area contributed by atoms with Gasteiger partial charge in [0.1, 0.15) is 6.10 Å². The van der Waals surface area contributed by atoms with Crippen LogP contribution in [0.1, 0.15) is 40.3 Å². The van der Waals surface area contributed by atoms with Crippen molar-refractivity contribution in [2.75, 3.05) is 0 Å². The number of pyridine rings is 1. The van der Waals surface area contributed by atoms with Crippen LogP contribution in [0.15, 0.2) is 60.7 Å². The lowest BCUT2D eigenvalue weighted by Gasteiger charge is -2.17. The molecule has 0 spiro atoms. The van der Waals surface area contributed by atoms with Crippen LogP contribution >= 0.6 is 0 Å². The minimum Gasteiger partial charge on any atom is -0.454 e. The maximum atomic E-state index is 13.0. The van der Waals surface area contributed by atoms with Gasteiger partial charge in [-0.25, -0.2) is 4.79 Å². The molecule has 0 N–H and O–H groups in total. The minimum absolute atomic E-state index is 0.0402. The molecule has 2 aromatic carbocycles. The molecule has 0 saturated heterocycles. The number of aryl methyl sites for hydroxylation is 2. The van der Waals surface area contributed by atoms with Crippen LogP contribution in [0.4, 0.5) is 5.69 Å². The smallest absolute Gasteiger partial charge is 0.341 e. The molecule has 142 valence electrons. The van der Waals surface area contributed by atoms with Crippen molar-refractivity contribution in [3.63, 3.8) is 0 Å². The quantitative estimate of drug-likeness (QED) is 0.348. The highest BCUT2D eigenvalue weighted by Crippen LogP contribution is 2.31. The van der Waals surface area contributed by atoms with E-state index in [0.29, 0.717) is 28.1 Å². The second-order valence-corrected chi connectivity index (χ2v) is 6.54. The van der Waals surface area contributed by atoms with Gasteiger partial charge in [0.15, 0.2) is 0 Å². The van der Waals surface area contributed by atoms with Gasteiger partial charge < -0.3 is 4.74 Å². The lowest BCUT2D eigenvalue weighted by Crippen LogP contribution is -2.13. The number of benzene rings is 2. The number of nitro benzene ring substituents is 1. The molecule has 0 aliphatic carbocycles. The summed E-state index contributed by atoms with van der Waals surface area (Å²) in [4.78, 5) is 28.0. The fourth-order valence-electron chi connectivity index (χ4n) is 3.11.